The van der Waals surface area contributed by atoms with Gasteiger partial charge in [-0.3, -0.25) is 4.79 Å². The Bertz CT molecular complexity index is 1200. The number of ether oxygens (including phenoxy) is 1. The van der Waals surface area contributed by atoms with Gasteiger partial charge in [-0.15, -0.1) is 0 Å². The number of hydrogen-bond acceptors (Lipinski definition) is 3. The van der Waals surface area contributed by atoms with Crippen molar-refractivity contribution in [1.29, 1.82) is 0 Å². The molecule has 34 heavy (non-hydrogen) atoms. The van der Waals surface area contributed by atoms with E-state index >= 15 is 0 Å². The molecule has 1 unspecified atom stereocenters. The molecule has 4 aromatic rings. The molecule has 4 rings (SSSR count). The van der Waals surface area contributed by atoms with Crippen molar-refractivity contribution >= 4 is 16.9 Å². The summed E-state index contributed by atoms with van der Waals surface area (Å²) in [6.45, 7) is 6.24. The second-order valence-corrected chi connectivity index (χ2v) is 8.66. The third kappa shape index (κ3) is 6.04. The zero-order valence-corrected chi connectivity index (χ0v) is 20.0. The Morgan fingerprint density at radius 1 is 1.00 bits per heavy atom. The van der Waals surface area contributed by atoms with Crippen LogP contribution in [0.3, 0.4) is 0 Å². The minimum absolute atomic E-state index is 0.0260. The predicted molar refractivity (Wildman–Crippen MR) is 137 cm³/mol. The third-order valence-corrected chi connectivity index (χ3v) is 6.26. The van der Waals surface area contributed by atoms with E-state index in [0.717, 1.165) is 34.6 Å². The first-order valence-electron chi connectivity index (χ1n) is 12.1. The highest BCUT2D eigenvalue weighted by molar-refractivity contribution is 5.78. The van der Waals surface area contributed by atoms with E-state index in [1.165, 1.54) is 5.56 Å². The highest BCUT2D eigenvalue weighted by Gasteiger charge is 2.11. The Balaban J connectivity index is 1.35. The molecule has 0 bridgehead atoms. The van der Waals surface area contributed by atoms with Crippen LogP contribution in [-0.2, 0) is 24.2 Å². The second-order valence-electron chi connectivity index (χ2n) is 8.66. The van der Waals surface area contributed by atoms with E-state index in [1.54, 1.807) is 0 Å². The molecule has 5 nitrogen and oxygen atoms in total. The van der Waals surface area contributed by atoms with Crippen molar-refractivity contribution in [1.82, 2.24) is 14.9 Å². The summed E-state index contributed by atoms with van der Waals surface area (Å²) in [5, 5.41) is 3.03. The van der Waals surface area contributed by atoms with Gasteiger partial charge in [-0.25, -0.2) is 4.98 Å². The van der Waals surface area contributed by atoms with Crippen molar-refractivity contribution in [3.8, 4) is 5.75 Å². The molecule has 0 saturated heterocycles. The topological polar surface area (TPSA) is 56.1 Å². The number of nitrogens with zero attached hydrogens (tertiary/aromatic N) is 2. The fourth-order valence-electron chi connectivity index (χ4n) is 4.11. The summed E-state index contributed by atoms with van der Waals surface area (Å²) in [6.07, 6.45) is 2.18. The number of carbonyl (C=O) groups excluding carboxylic acids is 1. The van der Waals surface area contributed by atoms with Gasteiger partial charge in [0.15, 0.2) is 0 Å². The quantitative estimate of drug-likeness (QED) is 0.323. The molecule has 0 aliphatic rings. The smallest absolute Gasteiger partial charge is 0.224 e. The molecule has 1 amide bonds. The van der Waals surface area contributed by atoms with E-state index in [4.69, 9.17) is 9.72 Å². The van der Waals surface area contributed by atoms with Crippen LogP contribution >= 0.6 is 0 Å². The van der Waals surface area contributed by atoms with E-state index in [1.807, 2.05) is 48.5 Å². The molecular weight excluding hydrogens is 422 g/mol. The van der Waals surface area contributed by atoms with Gasteiger partial charge in [-0.1, -0.05) is 68.4 Å². The molecule has 5 heteroatoms. The van der Waals surface area contributed by atoms with Crippen LogP contribution in [0.25, 0.3) is 11.0 Å². The number of nitrogens with one attached hydrogen (secondary N) is 1. The molecular formula is C29H33N3O2. The van der Waals surface area contributed by atoms with Crippen LogP contribution in [-0.4, -0.2) is 28.6 Å². The summed E-state index contributed by atoms with van der Waals surface area (Å²) in [4.78, 5) is 17.1. The van der Waals surface area contributed by atoms with E-state index in [0.29, 0.717) is 38.5 Å². The first-order chi connectivity index (χ1) is 16.6. The average Bonchev–Trinajstić information content (AvgIpc) is 3.22. The fraction of sp³-hybridized carbons (Fsp3) is 0.310. The number of fused-ring (bicyclic) bond motifs is 1. The Labute approximate surface area is 201 Å². The molecule has 0 fully saturated rings. The first kappa shape index (κ1) is 23.6. The molecule has 1 aromatic heterocycles. The molecule has 0 aliphatic carbocycles. The number of aromatic nitrogens is 2. The largest absolute Gasteiger partial charge is 0.492 e. The number of benzene rings is 3. The molecule has 0 radical (unpaired) electrons. The van der Waals surface area contributed by atoms with Crippen molar-refractivity contribution in [2.45, 2.75) is 45.6 Å². The summed E-state index contributed by atoms with van der Waals surface area (Å²) >= 11 is 0. The van der Waals surface area contributed by atoms with Gasteiger partial charge in [-0.2, -0.15) is 0 Å². The van der Waals surface area contributed by atoms with Crippen LogP contribution < -0.4 is 10.1 Å². The number of hydrogen-bond donors (Lipinski definition) is 1. The van der Waals surface area contributed by atoms with Crippen molar-refractivity contribution in [2.75, 3.05) is 13.2 Å². The molecule has 1 atom stereocenters. The van der Waals surface area contributed by atoms with Gasteiger partial charge in [0.2, 0.25) is 5.91 Å². The maximum Gasteiger partial charge on any atom is 0.224 e. The van der Waals surface area contributed by atoms with Crippen molar-refractivity contribution in [3.63, 3.8) is 0 Å². The maximum atomic E-state index is 12.3. The van der Waals surface area contributed by atoms with Crippen LogP contribution in [0.4, 0.5) is 0 Å². The van der Waals surface area contributed by atoms with Crippen LogP contribution in [0.15, 0.2) is 78.9 Å². The van der Waals surface area contributed by atoms with Gasteiger partial charge in [0.1, 0.15) is 18.2 Å². The lowest BCUT2D eigenvalue weighted by Crippen LogP contribution is -2.28. The molecule has 0 spiro atoms. The van der Waals surface area contributed by atoms with Gasteiger partial charge >= 0.3 is 0 Å². The molecule has 1 N–H and O–H groups in total. The maximum absolute atomic E-state index is 12.3. The van der Waals surface area contributed by atoms with Gasteiger partial charge in [0, 0.05) is 13.0 Å². The lowest BCUT2D eigenvalue weighted by atomic mass is 9.99. The zero-order valence-electron chi connectivity index (χ0n) is 20.0. The standard InChI is InChI=1S/C29H33N3O2/c1-3-22(2)24-13-15-25(16-14-24)34-20-19-32-27-12-8-7-11-26(27)31-28(32)17-18-30-29(33)21-23-9-5-4-6-10-23/h4-16,22H,3,17-21H2,1-2H3,(H,30,33). The summed E-state index contributed by atoms with van der Waals surface area (Å²) in [6, 6.07) is 26.3. The zero-order chi connectivity index (χ0) is 23.8. The third-order valence-electron chi connectivity index (χ3n) is 6.26. The number of imidazole rings is 1. The molecule has 1 heterocycles. The minimum atomic E-state index is 0.0260. The van der Waals surface area contributed by atoms with Crippen LogP contribution in [0, 0.1) is 0 Å². The second kappa shape index (κ2) is 11.5. The van der Waals surface area contributed by atoms with Crippen LogP contribution in [0.2, 0.25) is 0 Å². The SMILES string of the molecule is CCC(C)c1ccc(OCCn2c(CCNC(=O)Cc3ccccc3)nc3ccccc32)cc1. The van der Waals surface area contributed by atoms with Crippen LogP contribution in [0.1, 0.15) is 43.1 Å². The van der Waals surface area contributed by atoms with E-state index in [-0.39, 0.29) is 5.91 Å². The lowest BCUT2D eigenvalue weighted by molar-refractivity contribution is -0.120. The summed E-state index contributed by atoms with van der Waals surface area (Å²) < 4.78 is 8.24. The normalized spacial score (nSPS) is 11.9. The van der Waals surface area contributed by atoms with Crippen molar-refractivity contribution in [3.05, 3.63) is 95.8 Å². The van der Waals surface area contributed by atoms with Crippen molar-refractivity contribution in [2.24, 2.45) is 0 Å². The lowest BCUT2D eigenvalue weighted by Gasteiger charge is -2.13. The summed E-state index contributed by atoms with van der Waals surface area (Å²) in [5.74, 6) is 2.42. The number of carbonyl (C=O) groups is 1. The Hall–Kier alpha value is -3.60. The number of rotatable bonds is 11. The molecule has 3 aromatic carbocycles. The molecule has 0 aliphatic heterocycles. The van der Waals surface area contributed by atoms with E-state index in [9.17, 15) is 4.79 Å². The van der Waals surface area contributed by atoms with Gasteiger partial charge in [0.25, 0.3) is 0 Å². The minimum Gasteiger partial charge on any atom is -0.492 e. The average molecular weight is 456 g/mol. The van der Waals surface area contributed by atoms with Crippen molar-refractivity contribution < 1.29 is 9.53 Å². The molecule has 0 saturated carbocycles. The number of amides is 1. The Morgan fingerprint density at radius 2 is 1.74 bits per heavy atom. The highest BCUT2D eigenvalue weighted by Crippen LogP contribution is 2.22. The van der Waals surface area contributed by atoms with Gasteiger partial charge < -0.3 is 14.6 Å². The first-order valence-corrected chi connectivity index (χ1v) is 12.1. The monoisotopic (exact) mass is 455 g/mol. The Morgan fingerprint density at radius 3 is 2.50 bits per heavy atom. The van der Waals surface area contributed by atoms with Crippen LogP contribution in [0.5, 0.6) is 5.75 Å². The summed E-state index contributed by atoms with van der Waals surface area (Å²) in [7, 11) is 0. The van der Waals surface area contributed by atoms with E-state index in [2.05, 4.69) is 54.1 Å². The van der Waals surface area contributed by atoms with E-state index < -0.39 is 0 Å². The summed E-state index contributed by atoms with van der Waals surface area (Å²) in [5.41, 5.74) is 4.41. The molecule has 176 valence electrons. The highest BCUT2D eigenvalue weighted by atomic mass is 16.5. The Kier molecular flexibility index (Phi) is 7.97. The predicted octanol–water partition coefficient (Wildman–Crippen LogP) is 5.53. The fourth-order valence-corrected chi connectivity index (χ4v) is 4.11. The number of para-hydroxylation sites is 2. The van der Waals surface area contributed by atoms with Gasteiger partial charge in [0.05, 0.1) is 24.0 Å². The van der Waals surface area contributed by atoms with Gasteiger partial charge in [-0.05, 0) is 47.7 Å².